The summed E-state index contributed by atoms with van der Waals surface area (Å²) < 4.78 is 29.3. The quantitative estimate of drug-likeness (QED) is 0.470. The number of hydrogen-bond acceptors (Lipinski definition) is 2. The van der Waals surface area contributed by atoms with E-state index < -0.39 is 14.3 Å². The van der Waals surface area contributed by atoms with Crippen LogP contribution < -0.4 is 10.6 Å². The van der Waals surface area contributed by atoms with Gasteiger partial charge in [-0.3, -0.25) is 0 Å². The number of fused-ring (bicyclic) bond motifs is 1. The summed E-state index contributed by atoms with van der Waals surface area (Å²) >= 11 is 13.8. The number of allylic oxidation sites excluding steroid dienone is 4. The van der Waals surface area contributed by atoms with Crippen molar-refractivity contribution in [1.82, 2.24) is 0 Å². The molecule has 6 heteroatoms. The Kier molecular flexibility index (Phi) is 5.03. The molecule has 0 amide bonds. The van der Waals surface area contributed by atoms with E-state index in [0.717, 1.165) is 31.8 Å². The summed E-state index contributed by atoms with van der Waals surface area (Å²) in [6.45, 7) is 3.97. The lowest BCUT2D eigenvalue weighted by molar-refractivity contribution is 0.409. The van der Waals surface area contributed by atoms with Crippen molar-refractivity contribution in [3.05, 3.63) is 81.9 Å². The Balaban J connectivity index is 1.76. The van der Waals surface area contributed by atoms with Crippen LogP contribution in [0.2, 0.25) is 0 Å². The van der Waals surface area contributed by atoms with Gasteiger partial charge in [-0.15, -0.1) is 0 Å². The van der Waals surface area contributed by atoms with Crippen molar-refractivity contribution in [2.24, 2.45) is 11.8 Å². The van der Waals surface area contributed by atoms with E-state index in [0.29, 0.717) is 12.3 Å². The average molecular weight is 477 g/mol. The fourth-order valence-electron chi connectivity index (χ4n) is 6.00. The molecule has 3 aliphatic heterocycles. The second kappa shape index (κ2) is 7.25. The maximum atomic E-state index is 14.7. The molecule has 0 aromatic heterocycles. The summed E-state index contributed by atoms with van der Waals surface area (Å²) in [4.78, 5) is 0. The van der Waals surface area contributed by atoms with Crippen LogP contribution in [0.1, 0.15) is 13.8 Å². The molecule has 30 heavy (non-hydrogen) atoms. The molecule has 1 aliphatic carbocycles. The predicted octanol–water partition coefficient (Wildman–Crippen LogP) is 6.40. The van der Waals surface area contributed by atoms with Gasteiger partial charge in [0.1, 0.15) is 14.3 Å². The largest absolute Gasteiger partial charge is 0.318 e. The first-order valence-electron chi connectivity index (χ1n) is 10.3. The first-order chi connectivity index (χ1) is 14.3. The Hall–Kier alpha value is -1.04. The van der Waals surface area contributed by atoms with E-state index in [9.17, 15) is 9.13 Å². The molecule has 6 unspecified atom stereocenters. The van der Waals surface area contributed by atoms with Gasteiger partial charge in [0.05, 0.1) is 0 Å². The van der Waals surface area contributed by atoms with Gasteiger partial charge in [0.25, 0.3) is 0 Å². The second-order valence-electron chi connectivity index (χ2n) is 8.83. The van der Waals surface area contributed by atoms with Crippen molar-refractivity contribution in [3.8, 4) is 0 Å². The van der Waals surface area contributed by atoms with Gasteiger partial charge in [-0.1, -0.05) is 89.4 Å². The summed E-state index contributed by atoms with van der Waals surface area (Å²) in [5.41, 5.74) is 1.44. The van der Waals surface area contributed by atoms with Gasteiger partial charge in [-0.2, -0.15) is 0 Å². The van der Waals surface area contributed by atoms with Crippen molar-refractivity contribution >= 4 is 48.1 Å². The lowest BCUT2D eigenvalue weighted by atomic mass is 9.80. The van der Waals surface area contributed by atoms with Crippen LogP contribution in [0.3, 0.4) is 0 Å². The van der Waals surface area contributed by atoms with Gasteiger partial charge in [0.15, 0.2) is 0 Å². The number of hydrogen-bond donors (Lipinski definition) is 0. The molecule has 1 fully saturated rings. The maximum absolute atomic E-state index is 14.7. The van der Waals surface area contributed by atoms with Gasteiger partial charge in [0, 0.05) is 56.2 Å². The van der Waals surface area contributed by atoms with Crippen molar-refractivity contribution in [3.63, 3.8) is 0 Å². The molecule has 3 heterocycles. The van der Waals surface area contributed by atoms with Gasteiger partial charge in [-0.25, -0.2) is 0 Å². The van der Waals surface area contributed by atoms with Crippen LogP contribution in [-0.2, 0) is 9.13 Å². The molecule has 6 atom stereocenters. The Morgan fingerprint density at radius 1 is 0.800 bits per heavy atom. The molecule has 0 saturated carbocycles. The molecule has 0 spiro atoms. The van der Waals surface area contributed by atoms with Gasteiger partial charge in [-0.05, 0) is 19.4 Å². The van der Waals surface area contributed by atoms with Crippen molar-refractivity contribution in [2.75, 3.05) is 12.3 Å². The van der Waals surface area contributed by atoms with Crippen LogP contribution in [0, 0.1) is 11.8 Å². The molecule has 0 N–H and O–H groups in total. The number of benzene rings is 2. The minimum Gasteiger partial charge on any atom is -0.318 e. The summed E-state index contributed by atoms with van der Waals surface area (Å²) in [6.07, 6.45) is 0.943. The standard InChI is InChI=1S/C24H24Cl2O2P2/c1-15-13-29(27,17-9-5-3-6-10-17)24-19-14-30(28,18-11-7-4-8-12-18)23(16(2)22(19)26)20(24)21(15)25/h3-12,19-20,23-24H,13-14H2,1-2H3. The fourth-order valence-corrected chi connectivity index (χ4v) is 15.5. The van der Waals surface area contributed by atoms with Crippen LogP contribution in [-0.4, -0.2) is 23.6 Å². The molecule has 0 radical (unpaired) electrons. The first kappa shape index (κ1) is 20.8. The average Bonchev–Trinajstić information content (AvgIpc) is 2.76. The van der Waals surface area contributed by atoms with E-state index >= 15 is 0 Å². The van der Waals surface area contributed by atoms with E-state index in [4.69, 9.17) is 23.2 Å². The summed E-state index contributed by atoms with van der Waals surface area (Å²) in [5.74, 6) is -0.403. The highest BCUT2D eigenvalue weighted by molar-refractivity contribution is 7.74. The minimum atomic E-state index is -2.83. The van der Waals surface area contributed by atoms with Crippen LogP contribution in [0.4, 0.5) is 0 Å². The van der Waals surface area contributed by atoms with Crippen LogP contribution >= 0.6 is 37.5 Å². The summed E-state index contributed by atoms with van der Waals surface area (Å²) in [6, 6.07) is 19.5. The molecular weight excluding hydrogens is 453 g/mol. The smallest absolute Gasteiger partial charge is 0.123 e. The zero-order chi connectivity index (χ0) is 21.3. The van der Waals surface area contributed by atoms with E-state index in [2.05, 4.69) is 0 Å². The third-order valence-electron chi connectivity index (χ3n) is 7.22. The second-order valence-corrected chi connectivity index (χ2v) is 15.7. The monoisotopic (exact) mass is 476 g/mol. The van der Waals surface area contributed by atoms with Crippen molar-refractivity contribution < 1.29 is 9.13 Å². The lowest BCUT2D eigenvalue weighted by Gasteiger charge is -2.56. The number of rotatable bonds is 2. The molecule has 2 nitrogen and oxygen atoms in total. The Morgan fingerprint density at radius 3 is 1.90 bits per heavy atom. The highest BCUT2D eigenvalue weighted by Gasteiger charge is 2.63. The third-order valence-corrected chi connectivity index (χ3v) is 15.9. The minimum absolute atomic E-state index is 0.192. The van der Waals surface area contributed by atoms with Crippen molar-refractivity contribution in [2.45, 2.75) is 25.2 Å². The zero-order valence-electron chi connectivity index (χ0n) is 17.0. The molecule has 2 bridgehead atoms. The van der Waals surface area contributed by atoms with E-state index in [1.54, 1.807) is 0 Å². The normalized spacial score (nSPS) is 38.0. The summed E-state index contributed by atoms with van der Waals surface area (Å²) in [7, 11) is -5.63. The van der Waals surface area contributed by atoms with Crippen LogP contribution in [0.15, 0.2) is 81.9 Å². The first-order valence-corrected chi connectivity index (χ1v) is 15.0. The van der Waals surface area contributed by atoms with E-state index in [-0.39, 0.29) is 23.2 Å². The van der Waals surface area contributed by atoms with Gasteiger partial charge < -0.3 is 9.13 Å². The van der Waals surface area contributed by atoms with E-state index in [1.807, 2.05) is 74.5 Å². The number of halogens is 2. The Labute approximate surface area is 188 Å². The third kappa shape index (κ3) is 2.77. The van der Waals surface area contributed by atoms with Crippen LogP contribution in [0.25, 0.3) is 0 Å². The Bertz CT molecular complexity index is 1170. The molecule has 2 aromatic carbocycles. The SMILES string of the molecule is CC1=C(Cl)C2C3C(C)=C(Cl)C(CP3(=O)c3ccccc3)C2P(=O)(c2ccccc2)C1. The van der Waals surface area contributed by atoms with Crippen molar-refractivity contribution in [1.29, 1.82) is 0 Å². The highest BCUT2D eigenvalue weighted by atomic mass is 35.5. The molecule has 1 saturated heterocycles. The maximum Gasteiger partial charge on any atom is 0.123 e. The molecule has 2 aromatic rings. The molecule has 156 valence electrons. The molecular formula is C24H24Cl2O2P2. The highest BCUT2D eigenvalue weighted by Crippen LogP contribution is 2.75. The van der Waals surface area contributed by atoms with Crippen LogP contribution in [0.5, 0.6) is 0 Å². The zero-order valence-corrected chi connectivity index (χ0v) is 20.3. The van der Waals surface area contributed by atoms with Gasteiger partial charge >= 0.3 is 0 Å². The fraction of sp³-hybridized carbons (Fsp3) is 0.333. The lowest BCUT2D eigenvalue weighted by Crippen LogP contribution is -2.53. The molecule has 4 aliphatic rings. The topological polar surface area (TPSA) is 34.1 Å². The predicted molar refractivity (Wildman–Crippen MR) is 129 cm³/mol. The molecule has 6 rings (SSSR count). The van der Waals surface area contributed by atoms with E-state index in [1.165, 1.54) is 0 Å². The summed E-state index contributed by atoms with van der Waals surface area (Å²) in [5, 5.41) is 3.26. The Morgan fingerprint density at radius 2 is 1.33 bits per heavy atom. The van der Waals surface area contributed by atoms with Gasteiger partial charge in [0.2, 0.25) is 0 Å².